The van der Waals surface area contributed by atoms with Gasteiger partial charge in [-0.1, -0.05) is 18.2 Å². The standard InChI is InChI=1S/C14H13F3N2O3/c1-7(20)19-12(13(21)22)11(14(15,16)17)9-6-18-10-5-3-2-4-8(9)10/h2-6,11-12,18H,1H3,(H,19,20)(H,21,22)/t11-,12-/m0/s1. The molecule has 0 aliphatic rings. The molecule has 2 atom stereocenters. The number of rotatable bonds is 4. The van der Waals surface area contributed by atoms with Crippen molar-refractivity contribution in [3.8, 4) is 0 Å². The van der Waals surface area contributed by atoms with Crippen molar-refractivity contribution in [3.05, 3.63) is 36.0 Å². The van der Waals surface area contributed by atoms with Crippen LogP contribution in [0.15, 0.2) is 30.5 Å². The lowest BCUT2D eigenvalue weighted by Gasteiger charge is -2.26. The number of hydrogen-bond donors (Lipinski definition) is 3. The number of hydrogen-bond acceptors (Lipinski definition) is 2. The minimum absolute atomic E-state index is 0.218. The topological polar surface area (TPSA) is 82.2 Å². The monoisotopic (exact) mass is 314 g/mol. The Balaban J connectivity index is 2.59. The van der Waals surface area contributed by atoms with E-state index in [2.05, 4.69) is 4.98 Å². The number of carboxylic acid groups (broad SMARTS) is 1. The Bertz CT molecular complexity index is 709. The molecule has 0 radical (unpaired) electrons. The SMILES string of the molecule is CC(=O)N[C@H](C(=O)O)[C@H](c1c[nH]c2ccccc12)C(F)(F)F. The van der Waals surface area contributed by atoms with Crippen molar-refractivity contribution in [2.75, 3.05) is 0 Å². The minimum Gasteiger partial charge on any atom is -0.480 e. The molecule has 0 saturated heterocycles. The summed E-state index contributed by atoms with van der Waals surface area (Å²) in [5.74, 6) is -4.95. The van der Waals surface area contributed by atoms with E-state index in [1.54, 1.807) is 18.2 Å². The average Bonchev–Trinajstić information content (AvgIpc) is 2.80. The number of para-hydroxylation sites is 1. The van der Waals surface area contributed by atoms with E-state index in [0.29, 0.717) is 5.52 Å². The molecule has 0 aliphatic carbocycles. The molecule has 0 bridgehead atoms. The van der Waals surface area contributed by atoms with Gasteiger partial charge in [-0.2, -0.15) is 13.2 Å². The summed E-state index contributed by atoms with van der Waals surface area (Å²) in [6.07, 6.45) is -3.71. The molecule has 1 amide bonds. The van der Waals surface area contributed by atoms with E-state index in [1.807, 2.05) is 5.32 Å². The first-order valence-corrected chi connectivity index (χ1v) is 6.34. The molecule has 1 aromatic carbocycles. The molecule has 0 aliphatic heterocycles. The van der Waals surface area contributed by atoms with E-state index in [4.69, 9.17) is 5.11 Å². The Morgan fingerprint density at radius 2 is 1.91 bits per heavy atom. The van der Waals surface area contributed by atoms with Gasteiger partial charge in [0, 0.05) is 24.0 Å². The van der Waals surface area contributed by atoms with Crippen molar-refractivity contribution in [3.63, 3.8) is 0 Å². The zero-order valence-corrected chi connectivity index (χ0v) is 11.4. The summed E-state index contributed by atoms with van der Waals surface area (Å²) in [5, 5.41) is 11.2. The molecule has 1 aromatic heterocycles. The first-order valence-electron chi connectivity index (χ1n) is 6.34. The molecule has 0 spiro atoms. The third-order valence-corrected chi connectivity index (χ3v) is 3.27. The van der Waals surface area contributed by atoms with Crippen LogP contribution in [0.1, 0.15) is 18.4 Å². The molecule has 2 rings (SSSR count). The number of benzene rings is 1. The number of halogens is 3. The Labute approximate surface area is 123 Å². The van der Waals surface area contributed by atoms with Crippen LogP contribution >= 0.6 is 0 Å². The number of aromatic nitrogens is 1. The molecular weight excluding hydrogens is 301 g/mol. The first kappa shape index (κ1) is 15.9. The predicted octanol–water partition coefficient (Wildman–Crippen LogP) is 2.40. The van der Waals surface area contributed by atoms with Crippen LogP contribution in [0.4, 0.5) is 13.2 Å². The van der Waals surface area contributed by atoms with E-state index in [-0.39, 0.29) is 10.9 Å². The van der Waals surface area contributed by atoms with Gasteiger partial charge in [0.25, 0.3) is 0 Å². The molecule has 0 fully saturated rings. The van der Waals surface area contributed by atoms with E-state index in [9.17, 15) is 22.8 Å². The van der Waals surface area contributed by atoms with Gasteiger partial charge in [0.05, 0.1) is 0 Å². The first-order chi connectivity index (χ1) is 10.2. The third-order valence-electron chi connectivity index (χ3n) is 3.27. The quantitative estimate of drug-likeness (QED) is 0.810. The molecule has 0 saturated carbocycles. The van der Waals surface area contributed by atoms with Crippen molar-refractivity contribution in [1.29, 1.82) is 0 Å². The van der Waals surface area contributed by atoms with Crippen LogP contribution in [0.3, 0.4) is 0 Å². The second kappa shape index (κ2) is 5.70. The largest absolute Gasteiger partial charge is 0.480 e. The number of carboxylic acids is 1. The number of nitrogens with one attached hydrogen (secondary N) is 2. The fraction of sp³-hybridized carbons (Fsp3) is 0.286. The lowest BCUT2D eigenvalue weighted by Crippen LogP contribution is -2.48. The van der Waals surface area contributed by atoms with Crippen LogP contribution in [-0.4, -0.2) is 34.2 Å². The Morgan fingerprint density at radius 3 is 2.45 bits per heavy atom. The highest BCUT2D eigenvalue weighted by molar-refractivity contribution is 5.87. The lowest BCUT2D eigenvalue weighted by molar-refractivity contribution is -0.170. The Morgan fingerprint density at radius 1 is 1.27 bits per heavy atom. The molecule has 22 heavy (non-hydrogen) atoms. The van der Waals surface area contributed by atoms with Crippen molar-refractivity contribution in [2.45, 2.75) is 25.1 Å². The van der Waals surface area contributed by atoms with Gasteiger partial charge in [0.1, 0.15) is 12.0 Å². The number of alkyl halides is 3. The lowest BCUT2D eigenvalue weighted by atomic mass is 9.90. The van der Waals surface area contributed by atoms with E-state index < -0.39 is 30.0 Å². The molecule has 8 heteroatoms. The summed E-state index contributed by atoms with van der Waals surface area (Å²) in [5.41, 5.74) is 0.239. The fourth-order valence-corrected chi connectivity index (χ4v) is 2.40. The normalized spacial score (nSPS) is 14.5. The number of carbonyl (C=O) groups excluding carboxylic acids is 1. The van der Waals surface area contributed by atoms with Crippen LogP contribution in [0.5, 0.6) is 0 Å². The van der Waals surface area contributed by atoms with Gasteiger partial charge in [0.15, 0.2) is 0 Å². The van der Waals surface area contributed by atoms with Gasteiger partial charge in [-0.05, 0) is 11.6 Å². The summed E-state index contributed by atoms with van der Waals surface area (Å²) in [6.45, 7) is 0.971. The van der Waals surface area contributed by atoms with Gasteiger partial charge >= 0.3 is 12.1 Å². The van der Waals surface area contributed by atoms with Gasteiger partial charge in [-0.3, -0.25) is 4.79 Å². The molecule has 0 unspecified atom stereocenters. The summed E-state index contributed by atoms with van der Waals surface area (Å²) in [4.78, 5) is 25.0. The van der Waals surface area contributed by atoms with Crippen LogP contribution in [0, 0.1) is 0 Å². The van der Waals surface area contributed by atoms with Crippen LogP contribution < -0.4 is 5.32 Å². The van der Waals surface area contributed by atoms with Crippen LogP contribution in [0.25, 0.3) is 10.9 Å². The van der Waals surface area contributed by atoms with E-state index in [0.717, 1.165) is 13.1 Å². The van der Waals surface area contributed by atoms with E-state index in [1.165, 1.54) is 6.07 Å². The zero-order valence-electron chi connectivity index (χ0n) is 11.4. The average molecular weight is 314 g/mol. The van der Waals surface area contributed by atoms with E-state index >= 15 is 0 Å². The fourth-order valence-electron chi connectivity index (χ4n) is 2.40. The third kappa shape index (κ3) is 3.05. The summed E-state index contributed by atoms with van der Waals surface area (Å²) in [7, 11) is 0. The highest BCUT2D eigenvalue weighted by Gasteiger charge is 2.50. The van der Waals surface area contributed by atoms with Crippen LogP contribution in [-0.2, 0) is 9.59 Å². The molecular formula is C14H13F3N2O3. The number of carbonyl (C=O) groups is 2. The maximum Gasteiger partial charge on any atom is 0.398 e. The van der Waals surface area contributed by atoms with Crippen molar-refractivity contribution < 1.29 is 27.9 Å². The Kier molecular flexibility index (Phi) is 4.11. The molecule has 3 N–H and O–H groups in total. The van der Waals surface area contributed by atoms with Gasteiger partial charge < -0.3 is 15.4 Å². The molecule has 5 nitrogen and oxygen atoms in total. The zero-order chi connectivity index (χ0) is 16.5. The maximum atomic E-state index is 13.4. The van der Waals surface area contributed by atoms with Crippen LogP contribution in [0.2, 0.25) is 0 Å². The minimum atomic E-state index is -4.84. The second-order valence-corrected chi connectivity index (χ2v) is 4.83. The smallest absolute Gasteiger partial charge is 0.398 e. The summed E-state index contributed by atoms with van der Waals surface area (Å²) >= 11 is 0. The summed E-state index contributed by atoms with van der Waals surface area (Å²) in [6, 6.07) is 4.15. The highest BCUT2D eigenvalue weighted by atomic mass is 19.4. The number of H-pyrrole nitrogens is 1. The molecule has 2 aromatic rings. The summed E-state index contributed by atoms with van der Waals surface area (Å²) < 4.78 is 40.3. The van der Waals surface area contributed by atoms with Gasteiger partial charge in [-0.25, -0.2) is 4.79 Å². The molecule has 1 heterocycles. The highest BCUT2D eigenvalue weighted by Crippen LogP contribution is 2.40. The number of aliphatic carboxylic acids is 1. The maximum absolute atomic E-state index is 13.4. The van der Waals surface area contributed by atoms with Crippen molar-refractivity contribution in [1.82, 2.24) is 10.3 Å². The van der Waals surface area contributed by atoms with Gasteiger partial charge in [-0.15, -0.1) is 0 Å². The predicted molar refractivity (Wildman–Crippen MR) is 72.3 cm³/mol. The number of fused-ring (bicyclic) bond motifs is 1. The second-order valence-electron chi connectivity index (χ2n) is 4.83. The number of amides is 1. The van der Waals surface area contributed by atoms with Gasteiger partial charge in [0.2, 0.25) is 5.91 Å². The Hall–Kier alpha value is -2.51. The van der Waals surface area contributed by atoms with Crippen molar-refractivity contribution >= 4 is 22.8 Å². The van der Waals surface area contributed by atoms with Crippen molar-refractivity contribution in [2.24, 2.45) is 0 Å². The number of aromatic amines is 1. The molecule has 118 valence electrons.